The number of rotatable bonds is 5. The lowest BCUT2D eigenvalue weighted by atomic mass is 10.1. The van der Waals surface area contributed by atoms with Gasteiger partial charge in [-0.3, -0.25) is 5.43 Å². The minimum atomic E-state index is 0.660. The van der Waals surface area contributed by atoms with E-state index in [4.69, 9.17) is 0 Å². The summed E-state index contributed by atoms with van der Waals surface area (Å²) >= 11 is 0. The van der Waals surface area contributed by atoms with Crippen molar-refractivity contribution in [2.24, 2.45) is 5.10 Å². The molecule has 0 unspecified atom stereocenters. The highest BCUT2D eigenvalue weighted by atomic mass is 15.4. The summed E-state index contributed by atoms with van der Waals surface area (Å²) in [5, 5.41) is 16.1. The molecule has 0 fully saturated rings. The molecule has 2 heterocycles. The lowest BCUT2D eigenvalue weighted by Gasteiger charge is -1.99. The topological polar surface area (TPSA) is 67.5 Å². The number of benzene rings is 1. The molecule has 0 amide bonds. The fraction of sp³-hybridized carbons (Fsp3) is 0.143. The fourth-order valence-electron chi connectivity index (χ4n) is 1.84. The Labute approximate surface area is 116 Å². The van der Waals surface area contributed by atoms with Gasteiger partial charge in [-0.2, -0.15) is 9.62 Å². The van der Waals surface area contributed by atoms with E-state index in [9.17, 15) is 0 Å². The number of aryl methyl sites for hydroxylation is 1. The normalized spacial score (nSPS) is 11.2. The Bertz CT molecular complexity index is 704. The Kier molecular flexibility index (Phi) is 3.64. The molecule has 0 bridgehead atoms. The van der Waals surface area contributed by atoms with Crippen molar-refractivity contribution >= 4 is 17.7 Å². The van der Waals surface area contributed by atoms with E-state index in [-0.39, 0.29) is 0 Å². The number of anilines is 1. The second kappa shape index (κ2) is 5.92. The van der Waals surface area contributed by atoms with E-state index in [1.54, 1.807) is 10.8 Å². The maximum absolute atomic E-state index is 4.26. The van der Waals surface area contributed by atoms with Crippen LogP contribution in [0.25, 0.3) is 5.65 Å². The standard InChI is InChI=1S/C14H14N6/c1-2-5-12(6-3-1)7-4-10-15-17-13-8-9-14-18-16-11-20(14)19-13/h1-3,5-6,8-11H,4,7H2,(H,17,19). The summed E-state index contributed by atoms with van der Waals surface area (Å²) < 4.78 is 1.60. The smallest absolute Gasteiger partial charge is 0.177 e. The molecule has 0 radical (unpaired) electrons. The zero-order chi connectivity index (χ0) is 13.6. The number of nitrogens with zero attached hydrogens (tertiary/aromatic N) is 5. The number of hydrogen-bond acceptors (Lipinski definition) is 5. The highest BCUT2D eigenvalue weighted by Gasteiger charge is 1.97. The molecule has 0 spiro atoms. The summed E-state index contributed by atoms with van der Waals surface area (Å²) in [4.78, 5) is 0. The molecule has 3 rings (SSSR count). The van der Waals surface area contributed by atoms with E-state index in [0.29, 0.717) is 11.5 Å². The summed E-state index contributed by atoms with van der Waals surface area (Å²) in [5.74, 6) is 0.660. The third-order valence-corrected chi connectivity index (χ3v) is 2.84. The van der Waals surface area contributed by atoms with Gasteiger partial charge in [0.1, 0.15) is 6.33 Å². The molecule has 6 heteroatoms. The van der Waals surface area contributed by atoms with Crippen LogP contribution in [0.15, 0.2) is 53.9 Å². The van der Waals surface area contributed by atoms with Gasteiger partial charge in [0.2, 0.25) is 0 Å². The van der Waals surface area contributed by atoms with Gasteiger partial charge < -0.3 is 0 Å². The molecule has 1 N–H and O–H groups in total. The molecule has 0 saturated heterocycles. The van der Waals surface area contributed by atoms with Crippen LogP contribution in [0.1, 0.15) is 12.0 Å². The fourth-order valence-corrected chi connectivity index (χ4v) is 1.84. The van der Waals surface area contributed by atoms with E-state index in [1.807, 2.05) is 36.5 Å². The molecule has 0 aliphatic heterocycles. The average Bonchev–Trinajstić information content (AvgIpc) is 2.95. The van der Waals surface area contributed by atoms with Crippen molar-refractivity contribution in [3.8, 4) is 0 Å². The largest absolute Gasteiger partial charge is 0.260 e. The molecule has 1 aromatic carbocycles. The van der Waals surface area contributed by atoms with Crippen molar-refractivity contribution in [3.63, 3.8) is 0 Å². The monoisotopic (exact) mass is 266 g/mol. The lowest BCUT2D eigenvalue weighted by Crippen LogP contribution is -1.98. The molecule has 0 atom stereocenters. The first-order valence-corrected chi connectivity index (χ1v) is 6.40. The van der Waals surface area contributed by atoms with Gasteiger partial charge in [-0.15, -0.1) is 15.3 Å². The zero-order valence-electron chi connectivity index (χ0n) is 10.8. The first-order chi connectivity index (χ1) is 9.92. The summed E-state index contributed by atoms with van der Waals surface area (Å²) in [6.45, 7) is 0. The predicted octanol–water partition coefficient (Wildman–Crippen LogP) is 2.15. The number of fused-ring (bicyclic) bond motifs is 1. The first-order valence-electron chi connectivity index (χ1n) is 6.40. The minimum Gasteiger partial charge on any atom is -0.260 e. The molecule has 20 heavy (non-hydrogen) atoms. The second-order valence-electron chi connectivity index (χ2n) is 4.30. The first kappa shape index (κ1) is 12.3. The molecular weight excluding hydrogens is 252 g/mol. The Morgan fingerprint density at radius 1 is 1.15 bits per heavy atom. The van der Waals surface area contributed by atoms with Crippen molar-refractivity contribution in [1.29, 1.82) is 0 Å². The van der Waals surface area contributed by atoms with Crippen LogP contribution in [0.5, 0.6) is 0 Å². The number of hydrazone groups is 1. The summed E-state index contributed by atoms with van der Waals surface area (Å²) in [6.07, 6.45) is 5.26. The lowest BCUT2D eigenvalue weighted by molar-refractivity contribution is 0.924. The molecule has 2 aromatic heterocycles. The summed E-state index contributed by atoms with van der Waals surface area (Å²) in [6, 6.07) is 14.0. The third-order valence-electron chi connectivity index (χ3n) is 2.84. The molecular formula is C14H14N6. The van der Waals surface area contributed by atoms with E-state index < -0.39 is 0 Å². The summed E-state index contributed by atoms with van der Waals surface area (Å²) in [7, 11) is 0. The van der Waals surface area contributed by atoms with Crippen molar-refractivity contribution in [2.75, 3.05) is 5.43 Å². The van der Waals surface area contributed by atoms with Gasteiger partial charge in [0, 0.05) is 6.21 Å². The molecule has 3 aromatic rings. The van der Waals surface area contributed by atoms with E-state index in [2.05, 4.69) is 38.0 Å². The number of nitrogens with one attached hydrogen (secondary N) is 1. The van der Waals surface area contributed by atoms with Crippen molar-refractivity contribution < 1.29 is 0 Å². The van der Waals surface area contributed by atoms with E-state index >= 15 is 0 Å². The Morgan fingerprint density at radius 2 is 2.05 bits per heavy atom. The molecule has 6 nitrogen and oxygen atoms in total. The quantitative estimate of drug-likeness (QED) is 0.567. The Morgan fingerprint density at radius 3 is 2.95 bits per heavy atom. The molecule has 0 saturated carbocycles. The molecule has 0 aliphatic rings. The highest BCUT2D eigenvalue weighted by Crippen LogP contribution is 2.04. The van der Waals surface area contributed by atoms with Crippen LogP contribution in [0, 0.1) is 0 Å². The molecule has 0 aliphatic carbocycles. The Balaban J connectivity index is 1.52. The third kappa shape index (κ3) is 2.97. The Hall–Kier alpha value is -2.76. The maximum Gasteiger partial charge on any atom is 0.177 e. The van der Waals surface area contributed by atoms with Gasteiger partial charge in [-0.25, -0.2) is 0 Å². The average molecular weight is 266 g/mol. The highest BCUT2D eigenvalue weighted by molar-refractivity contribution is 5.59. The van der Waals surface area contributed by atoms with E-state index in [1.165, 1.54) is 5.56 Å². The second-order valence-corrected chi connectivity index (χ2v) is 4.30. The van der Waals surface area contributed by atoms with Crippen molar-refractivity contribution in [2.45, 2.75) is 12.8 Å². The molecule has 100 valence electrons. The van der Waals surface area contributed by atoms with Gasteiger partial charge in [0.25, 0.3) is 0 Å². The van der Waals surface area contributed by atoms with Gasteiger partial charge in [0.05, 0.1) is 0 Å². The van der Waals surface area contributed by atoms with Gasteiger partial charge in [-0.1, -0.05) is 30.3 Å². The van der Waals surface area contributed by atoms with E-state index in [0.717, 1.165) is 12.8 Å². The number of hydrogen-bond donors (Lipinski definition) is 1. The van der Waals surface area contributed by atoms with Crippen LogP contribution < -0.4 is 5.43 Å². The van der Waals surface area contributed by atoms with Gasteiger partial charge in [0.15, 0.2) is 11.5 Å². The van der Waals surface area contributed by atoms with Gasteiger partial charge in [-0.05, 0) is 30.5 Å². The van der Waals surface area contributed by atoms with Crippen LogP contribution in [0.2, 0.25) is 0 Å². The van der Waals surface area contributed by atoms with Crippen LogP contribution in [-0.4, -0.2) is 26.0 Å². The van der Waals surface area contributed by atoms with Crippen LogP contribution in [0.4, 0.5) is 5.82 Å². The predicted molar refractivity (Wildman–Crippen MR) is 77.7 cm³/mol. The zero-order valence-corrected chi connectivity index (χ0v) is 10.8. The maximum atomic E-state index is 4.26. The minimum absolute atomic E-state index is 0.660. The number of aromatic nitrogens is 4. The van der Waals surface area contributed by atoms with Crippen LogP contribution in [0.3, 0.4) is 0 Å². The van der Waals surface area contributed by atoms with Crippen molar-refractivity contribution in [3.05, 3.63) is 54.4 Å². The van der Waals surface area contributed by atoms with Crippen LogP contribution >= 0.6 is 0 Å². The van der Waals surface area contributed by atoms with Gasteiger partial charge >= 0.3 is 0 Å². The van der Waals surface area contributed by atoms with Crippen LogP contribution in [-0.2, 0) is 6.42 Å². The SMILES string of the molecule is C(CCc1ccccc1)=NNc1ccc2nncn2n1. The summed E-state index contributed by atoms with van der Waals surface area (Å²) in [5.41, 5.74) is 4.91. The van der Waals surface area contributed by atoms with Crippen molar-refractivity contribution in [1.82, 2.24) is 19.8 Å².